The average molecular weight is 240 g/mol. The minimum atomic E-state index is -0.571. The predicted octanol–water partition coefficient (Wildman–Crippen LogP) is 3.39. The lowest BCUT2D eigenvalue weighted by Gasteiger charge is -2.27. The SMILES string of the molecule is COC(=O)[C@@]1(C)c2cccc3cccc(c23)[C@H]1C. The number of rotatable bonds is 1. The molecule has 0 aromatic heterocycles. The fraction of sp³-hybridized carbons (Fsp3) is 0.312. The van der Waals surface area contributed by atoms with E-state index in [-0.39, 0.29) is 11.9 Å². The predicted molar refractivity (Wildman–Crippen MR) is 71.7 cm³/mol. The zero-order valence-electron chi connectivity index (χ0n) is 10.9. The van der Waals surface area contributed by atoms with Gasteiger partial charge in [-0.3, -0.25) is 4.79 Å². The van der Waals surface area contributed by atoms with Gasteiger partial charge in [-0.05, 0) is 28.8 Å². The number of benzene rings is 2. The number of ether oxygens (including phenoxy) is 1. The number of hydrogen-bond donors (Lipinski definition) is 0. The van der Waals surface area contributed by atoms with Crippen molar-refractivity contribution in [3.8, 4) is 0 Å². The van der Waals surface area contributed by atoms with Crippen LogP contribution in [0.15, 0.2) is 36.4 Å². The second kappa shape index (κ2) is 3.58. The summed E-state index contributed by atoms with van der Waals surface area (Å²) in [7, 11) is 1.46. The maximum absolute atomic E-state index is 12.2. The summed E-state index contributed by atoms with van der Waals surface area (Å²) in [6.07, 6.45) is 0. The molecular weight excluding hydrogens is 224 g/mol. The Hall–Kier alpha value is -1.83. The molecule has 2 aromatic carbocycles. The molecule has 2 heteroatoms. The molecule has 0 fully saturated rings. The Labute approximate surface area is 107 Å². The van der Waals surface area contributed by atoms with Gasteiger partial charge in [0.25, 0.3) is 0 Å². The van der Waals surface area contributed by atoms with Crippen molar-refractivity contribution >= 4 is 16.7 Å². The Balaban J connectivity index is 2.38. The van der Waals surface area contributed by atoms with Crippen molar-refractivity contribution in [3.05, 3.63) is 47.5 Å². The minimum absolute atomic E-state index is 0.144. The summed E-state index contributed by atoms with van der Waals surface area (Å²) in [6.45, 7) is 4.09. The Kier molecular flexibility index (Phi) is 2.24. The highest BCUT2D eigenvalue weighted by Gasteiger charge is 2.48. The molecule has 0 saturated carbocycles. The van der Waals surface area contributed by atoms with Crippen molar-refractivity contribution < 1.29 is 9.53 Å². The molecule has 0 unspecified atom stereocenters. The van der Waals surface area contributed by atoms with Crippen molar-refractivity contribution in [2.24, 2.45) is 0 Å². The maximum Gasteiger partial charge on any atom is 0.316 e. The molecule has 0 radical (unpaired) electrons. The highest BCUT2D eigenvalue weighted by Crippen LogP contribution is 2.50. The molecule has 0 N–H and O–H groups in total. The van der Waals surface area contributed by atoms with Crippen molar-refractivity contribution in [1.29, 1.82) is 0 Å². The first-order chi connectivity index (χ1) is 8.60. The largest absolute Gasteiger partial charge is 0.468 e. The van der Waals surface area contributed by atoms with Gasteiger partial charge in [-0.25, -0.2) is 0 Å². The zero-order chi connectivity index (χ0) is 12.9. The second-order valence-corrected chi connectivity index (χ2v) is 5.17. The Morgan fingerprint density at radius 2 is 1.89 bits per heavy atom. The quantitative estimate of drug-likeness (QED) is 0.714. The van der Waals surface area contributed by atoms with E-state index in [1.165, 1.54) is 23.4 Å². The monoisotopic (exact) mass is 240 g/mol. The van der Waals surface area contributed by atoms with Crippen molar-refractivity contribution in [3.63, 3.8) is 0 Å². The molecule has 0 saturated heterocycles. The highest BCUT2D eigenvalue weighted by atomic mass is 16.5. The molecule has 3 rings (SSSR count). The van der Waals surface area contributed by atoms with Crippen molar-refractivity contribution in [2.45, 2.75) is 25.2 Å². The first-order valence-electron chi connectivity index (χ1n) is 6.21. The van der Waals surface area contributed by atoms with E-state index in [9.17, 15) is 4.79 Å². The summed E-state index contributed by atoms with van der Waals surface area (Å²) in [5, 5.41) is 2.42. The standard InChI is InChI=1S/C16H16O2/c1-10-12-8-4-6-11-7-5-9-13(14(11)12)16(10,2)15(17)18-3/h4-10H,1-3H3/t10-,16-/m1/s1. The molecule has 0 spiro atoms. The van der Waals surface area contributed by atoms with E-state index in [1.54, 1.807) is 0 Å². The number of carbonyl (C=O) groups excluding carboxylic acids is 1. The third-order valence-corrected chi connectivity index (χ3v) is 4.44. The van der Waals surface area contributed by atoms with E-state index < -0.39 is 5.41 Å². The normalized spacial score (nSPS) is 25.4. The third kappa shape index (κ3) is 1.15. The van der Waals surface area contributed by atoms with Crippen LogP contribution < -0.4 is 0 Å². The van der Waals surface area contributed by atoms with Gasteiger partial charge in [0.2, 0.25) is 0 Å². The molecular formula is C16H16O2. The molecule has 0 aliphatic heterocycles. The Bertz CT molecular complexity index is 639. The van der Waals surface area contributed by atoms with Crippen LogP contribution in [0.3, 0.4) is 0 Å². The van der Waals surface area contributed by atoms with Gasteiger partial charge in [0.15, 0.2) is 0 Å². The van der Waals surface area contributed by atoms with Gasteiger partial charge in [-0.15, -0.1) is 0 Å². The van der Waals surface area contributed by atoms with Crippen molar-refractivity contribution in [1.82, 2.24) is 0 Å². The molecule has 0 amide bonds. The average Bonchev–Trinajstić information content (AvgIpc) is 2.64. The van der Waals surface area contributed by atoms with E-state index >= 15 is 0 Å². The van der Waals surface area contributed by atoms with Gasteiger partial charge >= 0.3 is 5.97 Å². The molecule has 92 valence electrons. The minimum Gasteiger partial charge on any atom is -0.468 e. The smallest absolute Gasteiger partial charge is 0.316 e. The topological polar surface area (TPSA) is 26.3 Å². The summed E-state index contributed by atoms with van der Waals surface area (Å²) in [4.78, 5) is 12.2. The lowest BCUT2D eigenvalue weighted by Crippen LogP contribution is -2.35. The van der Waals surface area contributed by atoms with E-state index in [1.807, 2.05) is 19.1 Å². The second-order valence-electron chi connectivity index (χ2n) is 5.17. The van der Waals surface area contributed by atoms with Crippen LogP contribution in [0.4, 0.5) is 0 Å². The van der Waals surface area contributed by atoms with Crippen LogP contribution in [-0.2, 0) is 14.9 Å². The molecule has 2 aromatic rings. The van der Waals surface area contributed by atoms with Gasteiger partial charge in [0, 0.05) is 5.92 Å². The van der Waals surface area contributed by atoms with Gasteiger partial charge in [-0.2, -0.15) is 0 Å². The number of carbonyl (C=O) groups is 1. The van der Waals surface area contributed by atoms with E-state index in [4.69, 9.17) is 4.74 Å². The lowest BCUT2D eigenvalue weighted by molar-refractivity contribution is -0.147. The molecule has 2 nitrogen and oxygen atoms in total. The van der Waals surface area contributed by atoms with Crippen LogP contribution in [-0.4, -0.2) is 13.1 Å². The van der Waals surface area contributed by atoms with Crippen LogP contribution in [0.2, 0.25) is 0 Å². The molecule has 18 heavy (non-hydrogen) atoms. The van der Waals surface area contributed by atoms with Crippen LogP contribution in [0.25, 0.3) is 10.8 Å². The molecule has 1 aliphatic carbocycles. The summed E-state index contributed by atoms with van der Waals surface area (Å²) in [6, 6.07) is 12.4. The zero-order valence-corrected chi connectivity index (χ0v) is 10.9. The third-order valence-electron chi connectivity index (χ3n) is 4.44. The van der Waals surface area contributed by atoms with Gasteiger partial charge in [-0.1, -0.05) is 43.3 Å². The highest BCUT2D eigenvalue weighted by molar-refractivity contribution is 6.00. The van der Waals surface area contributed by atoms with E-state index in [2.05, 4.69) is 31.2 Å². The molecule has 2 atom stereocenters. The summed E-state index contributed by atoms with van der Waals surface area (Å²) < 4.78 is 5.03. The summed E-state index contributed by atoms with van der Waals surface area (Å²) in [5.74, 6) is -0.00949. The number of methoxy groups -OCH3 is 1. The van der Waals surface area contributed by atoms with Gasteiger partial charge < -0.3 is 4.74 Å². The maximum atomic E-state index is 12.2. The van der Waals surface area contributed by atoms with Gasteiger partial charge in [0.1, 0.15) is 0 Å². The van der Waals surface area contributed by atoms with Crippen LogP contribution in [0.1, 0.15) is 30.9 Å². The fourth-order valence-electron chi connectivity index (χ4n) is 3.21. The van der Waals surface area contributed by atoms with Crippen LogP contribution in [0, 0.1) is 0 Å². The number of hydrogen-bond acceptors (Lipinski definition) is 2. The molecule has 0 bridgehead atoms. The van der Waals surface area contributed by atoms with Crippen LogP contribution in [0.5, 0.6) is 0 Å². The summed E-state index contributed by atoms with van der Waals surface area (Å²) >= 11 is 0. The lowest BCUT2D eigenvalue weighted by atomic mass is 9.76. The van der Waals surface area contributed by atoms with Crippen molar-refractivity contribution in [2.75, 3.05) is 7.11 Å². The number of esters is 1. The van der Waals surface area contributed by atoms with E-state index in [0.717, 1.165) is 5.56 Å². The van der Waals surface area contributed by atoms with E-state index in [0.29, 0.717) is 0 Å². The Morgan fingerprint density at radius 1 is 1.22 bits per heavy atom. The van der Waals surface area contributed by atoms with Crippen LogP contribution >= 0.6 is 0 Å². The van der Waals surface area contributed by atoms with Gasteiger partial charge in [0.05, 0.1) is 12.5 Å². The fourth-order valence-corrected chi connectivity index (χ4v) is 3.21. The molecule has 1 aliphatic rings. The first-order valence-corrected chi connectivity index (χ1v) is 6.21. The Morgan fingerprint density at radius 3 is 2.56 bits per heavy atom. The first kappa shape index (κ1) is 11.3. The summed E-state index contributed by atoms with van der Waals surface area (Å²) in [5.41, 5.74) is 1.77. The molecule has 0 heterocycles.